The van der Waals surface area contributed by atoms with E-state index >= 15 is 0 Å². The van der Waals surface area contributed by atoms with Crippen LogP contribution < -0.4 is 0 Å². The highest BCUT2D eigenvalue weighted by Crippen LogP contribution is 2.34. The highest BCUT2D eigenvalue weighted by atomic mass is 79.9. The van der Waals surface area contributed by atoms with Crippen LogP contribution in [0.25, 0.3) is 0 Å². The van der Waals surface area contributed by atoms with Crippen molar-refractivity contribution in [2.24, 2.45) is 0 Å². The Labute approximate surface area is 125 Å². The van der Waals surface area contributed by atoms with Crippen molar-refractivity contribution < 1.29 is 4.79 Å². The molecular weight excluding hydrogens is 320 g/mol. The molecule has 2 aromatic rings. The molecule has 3 rings (SSSR count). The van der Waals surface area contributed by atoms with E-state index in [0.717, 1.165) is 21.2 Å². The van der Waals surface area contributed by atoms with Crippen molar-refractivity contribution in [3.05, 3.63) is 57.6 Å². The Morgan fingerprint density at radius 1 is 1.05 bits per heavy atom. The summed E-state index contributed by atoms with van der Waals surface area (Å²) in [7, 11) is 0. The number of hydrogen-bond acceptors (Lipinski definition) is 2. The second kappa shape index (κ2) is 5.51. The molecule has 0 saturated heterocycles. The van der Waals surface area contributed by atoms with Gasteiger partial charge in [-0.1, -0.05) is 33.8 Å². The van der Waals surface area contributed by atoms with Crippen LogP contribution in [0, 0.1) is 0 Å². The first-order valence-corrected chi connectivity index (χ1v) is 7.91. The minimum atomic E-state index is 0.736. The molecule has 0 atom stereocenters. The number of benzene rings is 2. The molecule has 0 bridgehead atoms. The summed E-state index contributed by atoms with van der Waals surface area (Å²) < 4.78 is 0.938. The zero-order chi connectivity index (χ0) is 13.2. The van der Waals surface area contributed by atoms with Crippen LogP contribution >= 0.6 is 27.7 Å². The quantitative estimate of drug-likeness (QED) is 0.743. The highest BCUT2D eigenvalue weighted by Gasteiger charge is 2.12. The third-order valence-electron chi connectivity index (χ3n) is 3.40. The first kappa shape index (κ1) is 12.9. The predicted octanol–water partition coefficient (Wildman–Crippen LogP) is 4.90. The number of carbonyl (C=O) groups excluding carboxylic acids is 1. The first-order chi connectivity index (χ1) is 9.26. The predicted molar refractivity (Wildman–Crippen MR) is 82.1 cm³/mol. The van der Waals surface area contributed by atoms with Crippen LogP contribution in [0.2, 0.25) is 0 Å². The van der Waals surface area contributed by atoms with E-state index in [1.165, 1.54) is 35.3 Å². The maximum atomic E-state index is 11.1. The van der Waals surface area contributed by atoms with Gasteiger partial charge in [-0.05, 0) is 60.7 Å². The van der Waals surface area contributed by atoms with E-state index < -0.39 is 0 Å². The smallest absolute Gasteiger partial charge is 0.151 e. The normalized spacial score (nSPS) is 13.3. The zero-order valence-electron chi connectivity index (χ0n) is 10.4. The van der Waals surface area contributed by atoms with Gasteiger partial charge in [0, 0.05) is 19.8 Å². The van der Waals surface area contributed by atoms with E-state index in [9.17, 15) is 4.79 Å². The first-order valence-electron chi connectivity index (χ1n) is 6.30. The molecule has 3 heteroatoms. The highest BCUT2D eigenvalue weighted by molar-refractivity contribution is 9.10. The molecule has 0 fully saturated rings. The monoisotopic (exact) mass is 332 g/mol. The topological polar surface area (TPSA) is 17.1 Å². The summed E-state index contributed by atoms with van der Waals surface area (Å²) in [6.45, 7) is 0. The Hall–Kier alpha value is -1.06. The third kappa shape index (κ3) is 2.77. The van der Waals surface area contributed by atoms with E-state index in [1.807, 2.05) is 18.2 Å². The van der Waals surface area contributed by atoms with Crippen molar-refractivity contribution in [1.82, 2.24) is 0 Å². The van der Waals surface area contributed by atoms with Crippen LogP contribution in [0.4, 0.5) is 0 Å². The lowest BCUT2D eigenvalue weighted by atomic mass is 10.1. The van der Waals surface area contributed by atoms with Crippen LogP contribution in [0.1, 0.15) is 27.9 Å². The molecule has 1 aliphatic carbocycles. The Kier molecular flexibility index (Phi) is 3.76. The summed E-state index contributed by atoms with van der Waals surface area (Å²) in [5, 5.41) is 0. The number of hydrogen-bond donors (Lipinski definition) is 0. The standard InChI is InChI=1S/C16H13BrOS/c17-14-5-7-16(13(8-14)10-18)19-15-6-4-11-2-1-3-12(11)9-15/h4-10H,1-3H2. The lowest BCUT2D eigenvalue weighted by molar-refractivity contribution is 0.112. The molecule has 0 amide bonds. The number of fused-ring (bicyclic) bond motifs is 1. The second-order valence-electron chi connectivity index (χ2n) is 4.69. The SMILES string of the molecule is O=Cc1cc(Br)ccc1Sc1ccc2c(c1)CCC2. The molecule has 0 spiro atoms. The third-order valence-corrected chi connectivity index (χ3v) is 4.97. The summed E-state index contributed by atoms with van der Waals surface area (Å²) in [6, 6.07) is 12.5. The van der Waals surface area contributed by atoms with Gasteiger partial charge in [0.15, 0.2) is 6.29 Å². The second-order valence-corrected chi connectivity index (χ2v) is 6.72. The van der Waals surface area contributed by atoms with Gasteiger partial charge in [-0.15, -0.1) is 0 Å². The van der Waals surface area contributed by atoms with Crippen LogP contribution in [-0.2, 0) is 12.8 Å². The molecule has 0 aliphatic heterocycles. The molecule has 0 heterocycles. The fourth-order valence-electron chi connectivity index (χ4n) is 2.44. The van der Waals surface area contributed by atoms with Crippen molar-refractivity contribution in [3.8, 4) is 0 Å². The molecule has 0 N–H and O–H groups in total. The van der Waals surface area contributed by atoms with Gasteiger partial charge in [0.05, 0.1) is 0 Å². The Balaban J connectivity index is 1.91. The van der Waals surface area contributed by atoms with Crippen LogP contribution in [0.15, 0.2) is 50.7 Å². The molecule has 0 radical (unpaired) electrons. The molecule has 0 saturated carbocycles. The van der Waals surface area contributed by atoms with Crippen molar-refractivity contribution in [2.45, 2.75) is 29.1 Å². The fourth-order valence-corrected chi connectivity index (χ4v) is 3.77. The number of rotatable bonds is 3. The van der Waals surface area contributed by atoms with Gasteiger partial charge < -0.3 is 0 Å². The van der Waals surface area contributed by atoms with Crippen LogP contribution in [-0.4, -0.2) is 6.29 Å². The van der Waals surface area contributed by atoms with Gasteiger partial charge in [-0.25, -0.2) is 0 Å². The average Bonchev–Trinajstić information content (AvgIpc) is 2.88. The zero-order valence-corrected chi connectivity index (χ0v) is 12.8. The average molecular weight is 333 g/mol. The van der Waals surface area contributed by atoms with Gasteiger partial charge in [0.1, 0.15) is 0 Å². The molecule has 1 nitrogen and oxygen atoms in total. The van der Waals surface area contributed by atoms with Crippen molar-refractivity contribution >= 4 is 34.0 Å². The Morgan fingerprint density at radius 2 is 1.89 bits per heavy atom. The lowest BCUT2D eigenvalue weighted by Crippen LogP contribution is -1.87. The molecule has 1 aliphatic rings. The summed E-state index contributed by atoms with van der Waals surface area (Å²) >= 11 is 5.06. The Morgan fingerprint density at radius 3 is 2.74 bits per heavy atom. The van der Waals surface area contributed by atoms with E-state index in [2.05, 4.69) is 34.1 Å². The number of halogens is 1. The fraction of sp³-hybridized carbons (Fsp3) is 0.188. The Bertz CT molecular complexity index is 637. The summed E-state index contributed by atoms with van der Waals surface area (Å²) in [4.78, 5) is 13.3. The molecule has 19 heavy (non-hydrogen) atoms. The molecular formula is C16H13BrOS. The summed E-state index contributed by atoms with van der Waals surface area (Å²) in [5.74, 6) is 0. The van der Waals surface area contributed by atoms with Gasteiger partial charge in [-0.3, -0.25) is 4.79 Å². The summed E-state index contributed by atoms with van der Waals surface area (Å²) in [5.41, 5.74) is 3.69. The van der Waals surface area contributed by atoms with Crippen LogP contribution in [0.5, 0.6) is 0 Å². The molecule has 2 aromatic carbocycles. The van der Waals surface area contributed by atoms with Crippen LogP contribution in [0.3, 0.4) is 0 Å². The van der Waals surface area contributed by atoms with Gasteiger partial charge in [-0.2, -0.15) is 0 Å². The van der Waals surface area contributed by atoms with Crippen molar-refractivity contribution in [3.63, 3.8) is 0 Å². The van der Waals surface area contributed by atoms with E-state index in [4.69, 9.17) is 0 Å². The van der Waals surface area contributed by atoms with Gasteiger partial charge in [0.2, 0.25) is 0 Å². The number of aldehydes is 1. The lowest BCUT2D eigenvalue weighted by Gasteiger charge is -2.07. The van der Waals surface area contributed by atoms with Gasteiger partial charge >= 0.3 is 0 Å². The number of aryl methyl sites for hydroxylation is 2. The molecule has 96 valence electrons. The number of carbonyl (C=O) groups is 1. The van der Waals surface area contributed by atoms with E-state index in [-0.39, 0.29) is 0 Å². The maximum absolute atomic E-state index is 11.1. The maximum Gasteiger partial charge on any atom is 0.151 e. The molecule has 0 aromatic heterocycles. The molecule has 0 unspecified atom stereocenters. The largest absolute Gasteiger partial charge is 0.298 e. The minimum Gasteiger partial charge on any atom is -0.298 e. The summed E-state index contributed by atoms with van der Waals surface area (Å²) in [6.07, 6.45) is 4.57. The van der Waals surface area contributed by atoms with E-state index in [1.54, 1.807) is 11.8 Å². The van der Waals surface area contributed by atoms with E-state index in [0.29, 0.717) is 0 Å². The van der Waals surface area contributed by atoms with Crippen molar-refractivity contribution in [1.29, 1.82) is 0 Å². The van der Waals surface area contributed by atoms with Crippen molar-refractivity contribution in [2.75, 3.05) is 0 Å². The minimum absolute atomic E-state index is 0.736. The van der Waals surface area contributed by atoms with Gasteiger partial charge in [0.25, 0.3) is 0 Å².